The molecule has 0 bridgehead atoms. The summed E-state index contributed by atoms with van der Waals surface area (Å²) < 4.78 is 47.3. The third-order valence-corrected chi connectivity index (χ3v) is 3.58. The van der Waals surface area contributed by atoms with E-state index in [0.717, 1.165) is 5.56 Å². The number of ether oxygens (including phenoxy) is 2. The summed E-state index contributed by atoms with van der Waals surface area (Å²) in [5.41, 5.74) is 0.796. The second kappa shape index (κ2) is 8.11. The maximum Gasteiger partial charge on any atom is 0.405 e. The zero-order chi connectivity index (χ0) is 18.4. The maximum atomic E-state index is 12.2. The minimum absolute atomic E-state index is 0.0335. The van der Waals surface area contributed by atoms with E-state index < -0.39 is 18.6 Å². The molecule has 2 aromatic carbocycles. The summed E-state index contributed by atoms with van der Waals surface area (Å²) in [6, 6.07) is 11.3. The normalized spacial score (nSPS) is 11.1. The Morgan fingerprint density at radius 3 is 2.52 bits per heavy atom. The Morgan fingerprint density at radius 1 is 1.16 bits per heavy atom. The second-order valence-corrected chi connectivity index (χ2v) is 5.45. The lowest BCUT2D eigenvalue weighted by molar-refractivity contribution is -0.123. The van der Waals surface area contributed by atoms with Crippen LogP contribution in [0.5, 0.6) is 11.5 Å². The molecular formula is C17H15ClF3NO3. The molecule has 0 aliphatic rings. The zero-order valence-electron chi connectivity index (χ0n) is 13.2. The molecule has 0 saturated carbocycles. The van der Waals surface area contributed by atoms with Crippen LogP contribution in [0.1, 0.15) is 15.9 Å². The molecule has 0 saturated heterocycles. The zero-order valence-corrected chi connectivity index (χ0v) is 13.9. The van der Waals surface area contributed by atoms with Crippen molar-refractivity contribution in [1.29, 1.82) is 0 Å². The van der Waals surface area contributed by atoms with Gasteiger partial charge in [-0.2, -0.15) is 13.2 Å². The highest BCUT2D eigenvalue weighted by Gasteiger charge is 2.28. The summed E-state index contributed by atoms with van der Waals surface area (Å²) in [5, 5.41) is 2.34. The lowest BCUT2D eigenvalue weighted by Crippen LogP contribution is -2.33. The molecule has 0 aromatic heterocycles. The van der Waals surface area contributed by atoms with Crippen molar-refractivity contribution in [3.63, 3.8) is 0 Å². The molecule has 134 valence electrons. The van der Waals surface area contributed by atoms with Crippen molar-refractivity contribution in [3.8, 4) is 11.5 Å². The largest absolute Gasteiger partial charge is 0.493 e. The van der Waals surface area contributed by atoms with Crippen molar-refractivity contribution < 1.29 is 27.4 Å². The van der Waals surface area contributed by atoms with Gasteiger partial charge < -0.3 is 14.8 Å². The number of hydrogen-bond donors (Lipinski definition) is 1. The summed E-state index contributed by atoms with van der Waals surface area (Å²) in [5.74, 6) is -0.283. The van der Waals surface area contributed by atoms with Crippen LogP contribution in [-0.2, 0) is 6.61 Å². The van der Waals surface area contributed by atoms with E-state index in [0.29, 0.717) is 10.8 Å². The monoisotopic (exact) mass is 373 g/mol. The minimum atomic E-state index is -4.47. The summed E-state index contributed by atoms with van der Waals surface area (Å²) in [6.07, 6.45) is -4.47. The molecular weight excluding hydrogens is 359 g/mol. The molecule has 2 aromatic rings. The number of nitrogens with one attached hydrogen (secondary N) is 1. The molecule has 0 unspecified atom stereocenters. The number of alkyl halides is 3. The maximum absolute atomic E-state index is 12.2. The van der Waals surface area contributed by atoms with Crippen LogP contribution in [0.25, 0.3) is 0 Å². The first-order valence-corrected chi connectivity index (χ1v) is 7.57. The van der Waals surface area contributed by atoms with Crippen LogP contribution in [0.4, 0.5) is 13.2 Å². The number of methoxy groups -OCH3 is 1. The predicted molar refractivity (Wildman–Crippen MR) is 87.2 cm³/mol. The highest BCUT2D eigenvalue weighted by atomic mass is 35.5. The van der Waals surface area contributed by atoms with Gasteiger partial charge in [-0.3, -0.25) is 4.79 Å². The van der Waals surface area contributed by atoms with Crippen molar-refractivity contribution in [1.82, 2.24) is 5.32 Å². The lowest BCUT2D eigenvalue weighted by Gasteiger charge is -2.13. The van der Waals surface area contributed by atoms with E-state index in [1.54, 1.807) is 23.5 Å². The average molecular weight is 374 g/mol. The van der Waals surface area contributed by atoms with E-state index in [4.69, 9.17) is 21.1 Å². The second-order valence-electron chi connectivity index (χ2n) is 5.04. The van der Waals surface area contributed by atoms with Gasteiger partial charge in [-0.05, 0) is 24.3 Å². The van der Waals surface area contributed by atoms with Gasteiger partial charge in [0.25, 0.3) is 5.91 Å². The van der Waals surface area contributed by atoms with E-state index >= 15 is 0 Å². The van der Waals surface area contributed by atoms with Gasteiger partial charge in [0, 0.05) is 16.1 Å². The molecule has 0 spiro atoms. The highest BCUT2D eigenvalue weighted by Crippen LogP contribution is 2.29. The number of rotatable bonds is 6. The quantitative estimate of drug-likeness (QED) is 0.824. The van der Waals surface area contributed by atoms with Gasteiger partial charge in [-0.25, -0.2) is 0 Å². The Hall–Kier alpha value is -2.41. The Morgan fingerprint density at radius 2 is 1.88 bits per heavy atom. The first-order chi connectivity index (χ1) is 11.8. The molecule has 4 nitrogen and oxygen atoms in total. The van der Waals surface area contributed by atoms with Crippen molar-refractivity contribution in [2.45, 2.75) is 12.8 Å². The summed E-state index contributed by atoms with van der Waals surface area (Å²) in [6.45, 7) is -1.23. The third kappa shape index (κ3) is 5.56. The average Bonchev–Trinajstić information content (AvgIpc) is 2.58. The Labute approximate surface area is 147 Å². The third-order valence-electron chi connectivity index (χ3n) is 3.22. The van der Waals surface area contributed by atoms with Crippen LogP contribution in [0.15, 0.2) is 42.5 Å². The predicted octanol–water partition coefficient (Wildman–Crippen LogP) is 4.22. The summed E-state index contributed by atoms with van der Waals surface area (Å²) in [4.78, 5) is 11.8. The molecule has 0 aliphatic heterocycles. The molecule has 0 aliphatic carbocycles. The minimum Gasteiger partial charge on any atom is -0.493 e. The molecule has 0 heterocycles. The Kier molecular flexibility index (Phi) is 6.14. The van der Waals surface area contributed by atoms with Gasteiger partial charge in [0.05, 0.1) is 7.11 Å². The van der Waals surface area contributed by atoms with Crippen molar-refractivity contribution in [2.75, 3.05) is 13.7 Å². The number of carbonyl (C=O) groups is 1. The van der Waals surface area contributed by atoms with Gasteiger partial charge in [0.1, 0.15) is 13.2 Å². The highest BCUT2D eigenvalue weighted by molar-refractivity contribution is 6.31. The molecule has 1 N–H and O–H groups in total. The number of amides is 1. The van der Waals surface area contributed by atoms with Crippen LogP contribution < -0.4 is 14.8 Å². The number of carbonyl (C=O) groups excluding carboxylic acids is 1. The SMILES string of the molecule is COc1cc(C(=O)NCC(F)(F)F)ccc1OCc1ccccc1Cl. The van der Waals surface area contributed by atoms with E-state index in [1.165, 1.54) is 25.3 Å². The van der Waals surface area contributed by atoms with Crippen LogP contribution in [0.2, 0.25) is 5.02 Å². The molecule has 8 heteroatoms. The Balaban J connectivity index is 2.08. The smallest absolute Gasteiger partial charge is 0.405 e. The summed E-state index contributed by atoms with van der Waals surface area (Å²) >= 11 is 6.05. The van der Waals surface area contributed by atoms with Gasteiger partial charge in [0.2, 0.25) is 0 Å². The number of halogens is 4. The fraction of sp³-hybridized carbons (Fsp3) is 0.235. The van der Waals surface area contributed by atoms with Crippen molar-refractivity contribution >= 4 is 17.5 Å². The van der Waals surface area contributed by atoms with Crippen LogP contribution in [0.3, 0.4) is 0 Å². The van der Waals surface area contributed by atoms with Crippen molar-refractivity contribution in [2.24, 2.45) is 0 Å². The van der Waals surface area contributed by atoms with E-state index in [1.807, 2.05) is 6.07 Å². The first-order valence-electron chi connectivity index (χ1n) is 7.19. The van der Waals surface area contributed by atoms with Crippen LogP contribution >= 0.6 is 11.6 Å². The van der Waals surface area contributed by atoms with Crippen LogP contribution in [-0.4, -0.2) is 25.7 Å². The molecule has 25 heavy (non-hydrogen) atoms. The van der Waals surface area contributed by atoms with Gasteiger partial charge >= 0.3 is 6.18 Å². The molecule has 2 rings (SSSR count). The van der Waals surface area contributed by atoms with E-state index in [9.17, 15) is 18.0 Å². The summed E-state index contributed by atoms with van der Waals surface area (Å²) in [7, 11) is 1.37. The fourth-order valence-electron chi connectivity index (χ4n) is 1.98. The van der Waals surface area contributed by atoms with Crippen LogP contribution in [0, 0.1) is 0 Å². The first kappa shape index (κ1) is 18.9. The molecule has 1 amide bonds. The van der Waals surface area contributed by atoms with E-state index in [-0.39, 0.29) is 17.9 Å². The lowest BCUT2D eigenvalue weighted by atomic mass is 10.2. The van der Waals surface area contributed by atoms with Crippen molar-refractivity contribution in [3.05, 3.63) is 58.6 Å². The van der Waals surface area contributed by atoms with Gasteiger partial charge in [-0.1, -0.05) is 29.8 Å². The molecule has 0 radical (unpaired) electrons. The fourth-order valence-corrected chi connectivity index (χ4v) is 2.17. The van der Waals surface area contributed by atoms with Gasteiger partial charge in [0.15, 0.2) is 11.5 Å². The molecule has 0 fully saturated rings. The van der Waals surface area contributed by atoms with E-state index in [2.05, 4.69) is 0 Å². The topological polar surface area (TPSA) is 47.6 Å². The molecule has 0 atom stereocenters. The standard InChI is InChI=1S/C17H15ClF3NO3/c1-24-15-8-11(16(23)22-10-17(19,20)21)6-7-14(15)25-9-12-4-2-3-5-13(12)18/h2-8H,9-10H2,1H3,(H,22,23). The number of benzene rings is 2. The van der Waals surface area contributed by atoms with Gasteiger partial charge in [-0.15, -0.1) is 0 Å². The number of hydrogen-bond acceptors (Lipinski definition) is 3. The Bertz CT molecular complexity index is 750.